The topological polar surface area (TPSA) is 113 Å². The van der Waals surface area contributed by atoms with Crippen LogP contribution in [0.15, 0.2) is 0 Å². The number of nitrogens with zero attached hydrogens (tertiary/aromatic N) is 1. The molecular formula is C11H19N3O4. The van der Waals surface area contributed by atoms with E-state index in [9.17, 15) is 14.4 Å². The molecule has 1 fully saturated rings. The van der Waals surface area contributed by atoms with Crippen LogP contribution in [0.25, 0.3) is 0 Å². The van der Waals surface area contributed by atoms with Gasteiger partial charge in [0.05, 0.1) is 5.92 Å². The van der Waals surface area contributed by atoms with Gasteiger partial charge in [0.15, 0.2) is 0 Å². The molecule has 102 valence electrons. The minimum absolute atomic E-state index is 0.0658. The number of carboxylic acids is 1. The van der Waals surface area contributed by atoms with E-state index < -0.39 is 17.8 Å². The maximum atomic E-state index is 11.9. The van der Waals surface area contributed by atoms with Gasteiger partial charge >= 0.3 is 12.0 Å². The van der Waals surface area contributed by atoms with E-state index in [1.54, 1.807) is 13.8 Å². The van der Waals surface area contributed by atoms with Gasteiger partial charge in [0.1, 0.15) is 0 Å². The lowest BCUT2D eigenvalue weighted by atomic mass is 10.0. The highest BCUT2D eigenvalue weighted by Crippen LogP contribution is 2.24. The lowest BCUT2D eigenvalue weighted by Gasteiger charge is -2.25. The van der Waals surface area contributed by atoms with Gasteiger partial charge in [-0.2, -0.15) is 0 Å². The van der Waals surface area contributed by atoms with E-state index in [1.807, 2.05) is 0 Å². The van der Waals surface area contributed by atoms with Gasteiger partial charge in [-0.15, -0.1) is 0 Å². The summed E-state index contributed by atoms with van der Waals surface area (Å²) in [5, 5.41) is 11.6. The summed E-state index contributed by atoms with van der Waals surface area (Å²) in [4.78, 5) is 35.0. The van der Waals surface area contributed by atoms with Crippen LogP contribution in [-0.2, 0) is 9.59 Å². The Bertz CT molecular complexity index is 358. The number of hydrogen-bond donors (Lipinski definition) is 3. The molecule has 4 N–H and O–H groups in total. The Hall–Kier alpha value is -1.79. The molecule has 7 nitrogen and oxygen atoms in total. The van der Waals surface area contributed by atoms with Gasteiger partial charge in [-0.1, -0.05) is 0 Å². The van der Waals surface area contributed by atoms with E-state index in [0.29, 0.717) is 13.0 Å². The van der Waals surface area contributed by atoms with E-state index in [-0.39, 0.29) is 24.5 Å². The summed E-state index contributed by atoms with van der Waals surface area (Å²) in [6.45, 7) is 3.80. The molecule has 18 heavy (non-hydrogen) atoms. The monoisotopic (exact) mass is 257 g/mol. The Balaban J connectivity index is 2.53. The van der Waals surface area contributed by atoms with Crippen LogP contribution < -0.4 is 11.1 Å². The van der Waals surface area contributed by atoms with Crippen LogP contribution in [-0.4, -0.2) is 46.5 Å². The van der Waals surface area contributed by atoms with Crippen molar-refractivity contribution in [3.63, 3.8) is 0 Å². The second kappa shape index (κ2) is 5.70. The molecule has 1 aliphatic heterocycles. The largest absolute Gasteiger partial charge is 0.481 e. The number of likely N-dealkylation sites (tertiary alicyclic amines) is 1. The number of primary amides is 1. The Morgan fingerprint density at radius 3 is 2.56 bits per heavy atom. The molecule has 3 unspecified atom stereocenters. The standard InChI is InChI=1S/C11H19N3O4/c1-6(5-9(12)15)13-11(18)14-4-3-8(7(14)2)10(16)17/h6-8H,3-5H2,1-2H3,(H2,12,15)(H,13,18)(H,16,17). The van der Waals surface area contributed by atoms with Crippen LogP contribution >= 0.6 is 0 Å². The van der Waals surface area contributed by atoms with Gasteiger partial charge in [0, 0.05) is 25.0 Å². The van der Waals surface area contributed by atoms with E-state index in [2.05, 4.69) is 5.32 Å². The summed E-state index contributed by atoms with van der Waals surface area (Å²) < 4.78 is 0. The third-order valence-electron chi connectivity index (χ3n) is 3.21. The first kappa shape index (κ1) is 14.3. The van der Waals surface area contributed by atoms with E-state index >= 15 is 0 Å². The van der Waals surface area contributed by atoms with Crippen molar-refractivity contribution in [2.24, 2.45) is 11.7 Å². The Morgan fingerprint density at radius 1 is 1.50 bits per heavy atom. The number of aliphatic carboxylic acids is 1. The van der Waals surface area contributed by atoms with Gasteiger partial charge in [-0.3, -0.25) is 9.59 Å². The molecule has 0 saturated carbocycles. The molecule has 1 aliphatic rings. The van der Waals surface area contributed by atoms with Crippen molar-refractivity contribution in [3.05, 3.63) is 0 Å². The fourth-order valence-electron chi connectivity index (χ4n) is 2.20. The minimum atomic E-state index is -0.886. The molecule has 3 amide bonds. The van der Waals surface area contributed by atoms with Gasteiger partial charge in [0.2, 0.25) is 5.91 Å². The predicted molar refractivity (Wildman–Crippen MR) is 63.7 cm³/mol. The first-order valence-corrected chi connectivity index (χ1v) is 5.91. The Morgan fingerprint density at radius 2 is 2.11 bits per heavy atom. The van der Waals surface area contributed by atoms with E-state index in [1.165, 1.54) is 4.90 Å². The first-order valence-electron chi connectivity index (χ1n) is 5.91. The summed E-state index contributed by atoms with van der Waals surface area (Å²) >= 11 is 0. The van der Waals surface area contributed by atoms with E-state index in [0.717, 1.165) is 0 Å². The molecule has 0 bridgehead atoms. The zero-order valence-corrected chi connectivity index (χ0v) is 10.5. The third-order valence-corrected chi connectivity index (χ3v) is 3.21. The van der Waals surface area contributed by atoms with Crippen molar-refractivity contribution in [1.82, 2.24) is 10.2 Å². The molecule has 7 heteroatoms. The highest BCUT2D eigenvalue weighted by atomic mass is 16.4. The smallest absolute Gasteiger partial charge is 0.317 e. The normalized spacial score (nSPS) is 24.7. The molecule has 1 heterocycles. The van der Waals surface area contributed by atoms with Gasteiger partial charge in [-0.25, -0.2) is 4.79 Å². The molecule has 0 aliphatic carbocycles. The van der Waals surface area contributed by atoms with Crippen LogP contribution in [0.1, 0.15) is 26.7 Å². The Kier molecular flexibility index (Phi) is 4.52. The van der Waals surface area contributed by atoms with Crippen LogP contribution in [0.3, 0.4) is 0 Å². The van der Waals surface area contributed by atoms with Crippen molar-refractivity contribution < 1.29 is 19.5 Å². The maximum Gasteiger partial charge on any atom is 0.317 e. The van der Waals surface area contributed by atoms with Crippen LogP contribution in [0.5, 0.6) is 0 Å². The van der Waals surface area contributed by atoms with Gasteiger partial charge < -0.3 is 21.1 Å². The third kappa shape index (κ3) is 3.35. The molecule has 0 aromatic rings. The van der Waals surface area contributed by atoms with Crippen molar-refractivity contribution in [2.45, 2.75) is 38.8 Å². The Labute approximate surface area is 105 Å². The highest BCUT2D eigenvalue weighted by molar-refractivity contribution is 5.79. The number of carboxylic acid groups (broad SMARTS) is 1. The number of carbonyl (C=O) groups excluding carboxylic acids is 2. The molecular weight excluding hydrogens is 238 g/mol. The fourth-order valence-corrected chi connectivity index (χ4v) is 2.20. The SMILES string of the molecule is CC(CC(N)=O)NC(=O)N1CCC(C(=O)O)C1C. The summed E-state index contributed by atoms with van der Waals surface area (Å²) in [5.74, 6) is -1.90. The van der Waals surface area contributed by atoms with Crippen molar-refractivity contribution >= 4 is 17.9 Å². The molecule has 1 saturated heterocycles. The molecule has 1 rings (SSSR count). The predicted octanol–water partition coefficient (Wildman–Crippen LogP) is -0.245. The number of nitrogens with two attached hydrogens (primary N) is 1. The molecule has 0 aromatic heterocycles. The number of nitrogens with one attached hydrogen (secondary N) is 1. The van der Waals surface area contributed by atoms with E-state index in [4.69, 9.17) is 10.8 Å². The van der Waals surface area contributed by atoms with Crippen LogP contribution in [0, 0.1) is 5.92 Å². The lowest BCUT2D eigenvalue weighted by molar-refractivity contribution is -0.142. The summed E-state index contributed by atoms with van der Waals surface area (Å²) in [6.07, 6.45) is 0.518. The summed E-state index contributed by atoms with van der Waals surface area (Å²) in [6, 6.07) is -1.05. The maximum absolute atomic E-state index is 11.9. The number of rotatable bonds is 4. The minimum Gasteiger partial charge on any atom is -0.481 e. The number of amides is 3. The van der Waals surface area contributed by atoms with Crippen molar-refractivity contribution in [3.8, 4) is 0 Å². The average molecular weight is 257 g/mol. The van der Waals surface area contributed by atoms with Crippen LogP contribution in [0.2, 0.25) is 0 Å². The molecule has 0 radical (unpaired) electrons. The second-order valence-electron chi connectivity index (χ2n) is 4.69. The fraction of sp³-hybridized carbons (Fsp3) is 0.727. The van der Waals surface area contributed by atoms with Gasteiger partial charge in [-0.05, 0) is 20.3 Å². The van der Waals surface area contributed by atoms with Crippen molar-refractivity contribution in [1.29, 1.82) is 0 Å². The van der Waals surface area contributed by atoms with Crippen LogP contribution in [0.4, 0.5) is 4.79 Å². The quantitative estimate of drug-likeness (QED) is 0.644. The zero-order chi connectivity index (χ0) is 13.9. The van der Waals surface area contributed by atoms with Crippen molar-refractivity contribution in [2.75, 3.05) is 6.54 Å². The van der Waals surface area contributed by atoms with Gasteiger partial charge in [0.25, 0.3) is 0 Å². The average Bonchev–Trinajstić information content (AvgIpc) is 2.58. The number of carbonyl (C=O) groups is 3. The molecule has 0 aromatic carbocycles. The zero-order valence-electron chi connectivity index (χ0n) is 10.5. The number of hydrogen-bond acceptors (Lipinski definition) is 3. The summed E-state index contributed by atoms with van der Waals surface area (Å²) in [7, 11) is 0. The molecule has 0 spiro atoms. The summed E-state index contributed by atoms with van der Waals surface area (Å²) in [5.41, 5.74) is 5.03. The first-order chi connectivity index (χ1) is 8.32. The lowest BCUT2D eigenvalue weighted by Crippen LogP contribution is -2.47. The number of urea groups is 1. The molecule has 3 atom stereocenters. The highest BCUT2D eigenvalue weighted by Gasteiger charge is 2.38. The second-order valence-corrected chi connectivity index (χ2v) is 4.69.